The monoisotopic (exact) mass is 382 g/mol. The van der Waals surface area contributed by atoms with Crippen LogP contribution in [0.25, 0.3) is 0 Å². The number of aliphatic hydroxyl groups excluding tert-OH is 2. The Balaban J connectivity index is 2.62. The third kappa shape index (κ3) is 9.72. The van der Waals surface area contributed by atoms with Gasteiger partial charge in [-0.1, -0.05) is 27.7 Å². The predicted molar refractivity (Wildman–Crippen MR) is 106 cm³/mol. The van der Waals surface area contributed by atoms with Crippen molar-refractivity contribution >= 4 is 5.78 Å². The van der Waals surface area contributed by atoms with Crippen LogP contribution in [0.4, 0.5) is 0 Å². The molecule has 7 heteroatoms. The van der Waals surface area contributed by atoms with E-state index in [0.717, 1.165) is 0 Å². The molecule has 2 unspecified atom stereocenters. The largest absolute Gasteiger partial charge is 0.491 e. The summed E-state index contributed by atoms with van der Waals surface area (Å²) in [6.45, 7) is 10.5. The molecule has 7 nitrogen and oxygen atoms in total. The summed E-state index contributed by atoms with van der Waals surface area (Å²) in [7, 11) is 0. The molecule has 0 fully saturated rings. The van der Waals surface area contributed by atoms with Gasteiger partial charge in [0.15, 0.2) is 5.78 Å². The molecule has 0 aliphatic rings. The van der Waals surface area contributed by atoms with E-state index >= 15 is 0 Å². The SMILES string of the molecule is CC(=O)c1cc(OCC(O)CNC(C)C)ccc1OCC(O)CNC(C)C. The number of hydrogen-bond acceptors (Lipinski definition) is 7. The second-order valence-corrected chi connectivity index (χ2v) is 7.27. The van der Waals surface area contributed by atoms with E-state index in [0.29, 0.717) is 30.2 Å². The molecule has 0 saturated carbocycles. The van der Waals surface area contributed by atoms with Crippen LogP contribution in [0.1, 0.15) is 45.0 Å². The molecule has 0 aliphatic carbocycles. The lowest BCUT2D eigenvalue weighted by Crippen LogP contribution is -2.35. The fourth-order valence-electron chi connectivity index (χ4n) is 2.24. The topological polar surface area (TPSA) is 100 Å². The van der Waals surface area contributed by atoms with E-state index in [9.17, 15) is 15.0 Å². The van der Waals surface area contributed by atoms with Gasteiger partial charge in [0.25, 0.3) is 0 Å². The Morgan fingerprint density at radius 1 is 0.963 bits per heavy atom. The molecule has 154 valence electrons. The van der Waals surface area contributed by atoms with Crippen LogP contribution in [0.15, 0.2) is 18.2 Å². The normalized spacial score (nSPS) is 13.7. The number of hydrogen-bond donors (Lipinski definition) is 4. The van der Waals surface area contributed by atoms with Gasteiger partial charge in [0.1, 0.15) is 36.9 Å². The van der Waals surface area contributed by atoms with Gasteiger partial charge in [-0.2, -0.15) is 0 Å². The summed E-state index contributed by atoms with van der Waals surface area (Å²) >= 11 is 0. The van der Waals surface area contributed by atoms with Crippen LogP contribution in [0.2, 0.25) is 0 Å². The lowest BCUT2D eigenvalue weighted by Gasteiger charge is -2.18. The Hall–Kier alpha value is -1.67. The fraction of sp³-hybridized carbons (Fsp3) is 0.650. The second-order valence-electron chi connectivity index (χ2n) is 7.27. The Morgan fingerprint density at radius 3 is 1.96 bits per heavy atom. The van der Waals surface area contributed by atoms with Crippen LogP contribution in [-0.4, -0.2) is 66.6 Å². The molecule has 27 heavy (non-hydrogen) atoms. The molecular formula is C20H34N2O5. The predicted octanol–water partition coefficient (Wildman–Crippen LogP) is 1.36. The summed E-state index contributed by atoms with van der Waals surface area (Å²) in [6.07, 6.45) is -1.32. The number of Topliss-reactive ketones (excluding diaryl/α,β-unsaturated/α-hetero) is 1. The average molecular weight is 383 g/mol. The minimum absolute atomic E-state index is 0.0831. The minimum Gasteiger partial charge on any atom is -0.491 e. The van der Waals surface area contributed by atoms with Crippen molar-refractivity contribution in [1.29, 1.82) is 0 Å². The molecule has 1 aromatic carbocycles. The zero-order valence-corrected chi connectivity index (χ0v) is 17.0. The average Bonchev–Trinajstić information content (AvgIpc) is 2.61. The summed E-state index contributed by atoms with van der Waals surface area (Å²) in [5, 5.41) is 26.1. The summed E-state index contributed by atoms with van der Waals surface area (Å²) in [5.74, 6) is 0.728. The molecule has 0 heterocycles. The zero-order chi connectivity index (χ0) is 20.4. The lowest BCUT2D eigenvalue weighted by atomic mass is 10.1. The van der Waals surface area contributed by atoms with Crippen molar-refractivity contribution in [2.75, 3.05) is 26.3 Å². The lowest BCUT2D eigenvalue weighted by molar-refractivity contribution is 0.0962. The molecule has 4 N–H and O–H groups in total. The molecule has 0 aromatic heterocycles. The van der Waals surface area contributed by atoms with E-state index in [-0.39, 0.29) is 31.1 Å². The van der Waals surface area contributed by atoms with Crippen LogP contribution in [0, 0.1) is 0 Å². The minimum atomic E-state index is -0.674. The van der Waals surface area contributed by atoms with Gasteiger partial charge in [0.05, 0.1) is 5.56 Å². The first-order valence-corrected chi connectivity index (χ1v) is 9.42. The van der Waals surface area contributed by atoms with Crippen molar-refractivity contribution in [3.63, 3.8) is 0 Å². The van der Waals surface area contributed by atoms with Crippen molar-refractivity contribution in [3.05, 3.63) is 23.8 Å². The smallest absolute Gasteiger partial charge is 0.163 e. The van der Waals surface area contributed by atoms with Crippen molar-refractivity contribution < 1.29 is 24.5 Å². The number of benzene rings is 1. The molecule has 0 bridgehead atoms. The van der Waals surface area contributed by atoms with Gasteiger partial charge in [-0.3, -0.25) is 4.79 Å². The van der Waals surface area contributed by atoms with E-state index < -0.39 is 12.2 Å². The Morgan fingerprint density at radius 2 is 1.48 bits per heavy atom. The number of nitrogens with one attached hydrogen (secondary N) is 2. The second kappa shape index (κ2) is 11.9. The van der Waals surface area contributed by atoms with E-state index in [4.69, 9.17) is 9.47 Å². The quantitative estimate of drug-likeness (QED) is 0.382. The van der Waals surface area contributed by atoms with Crippen LogP contribution in [0.3, 0.4) is 0 Å². The maximum atomic E-state index is 11.9. The molecule has 0 radical (unpaired) electrons. The summed E-state index contributed by atoms with van der Waals surface area (Å²) in [6, 6.07) is 5.48. The maximum absolute atomic E-state index is 11.9. The molecule has 2 atom stereocenters. The van der Waals surface area contributed by atoms with Crippen LogP contribution in [-0.2, 0) is 0 Å². The highest BCUT2D eigenvalue weighted by Crippen LogP contribution is 2.25. The van der Waals surface area contributed by atoms with Gasteiger partial charge in [-0.25, -0.2) is 0 Å². The molecule has 0 spiro atoms. The third-order valence-corrected chi connectivity index (χ3v) is 3.73. The number of carbonyl (C=O) groups is 1. The van der Waals surface area contributed by atoms with Gasteiger partial charge in [0, 0.05) is 25.2 Å². The third-order valence-electron chi connectivity index (χ3n) is 3.73. The highest BCUT2D eigenvalue weighted by Gasteiger charge is 2.14. The summed E-state index contributed by atoms with van der Waals surface area (Å²) in [5.41, 5.74) is 0.381. The van der Waals surface area contributed by atoms with Crippen LogP contribution >= 0.6 is 0 Å². The fourth-order valence-corrected chi connectivity index (χ4v) is 2.24. The number of carbonyl (C=O) groups excluding carboxylic acids is 1. The first-order valence-electron chi connectivity index (χ1n) is 9.42. The van der Waals surface area contributed by atoms with Crippen molar-refractivity contribution in [2.24, 2.45) is 0 Å². The Kier molecular flexibility index (Phi) is 10.3. The molecule has 1 aromatic rings. The number of ether oxygens (including phenoxy) is 2. The molecule has 0 aliphatic heterocycles. The van der Waals surface area contributed by atoms with Gasteiger partial charge in [-0.15, -0.1) is 0 Å². The summed E-state index contributed by atoms with van der Waals surface area (Å²) in [4.78, 5) is 11.9. The number of rotatable bonds is 13. The first kappa shape index (κ1) is 23.4. The van der Waals surface area contributed by atoms with Crippen molar-refractivity contribution in [3.8, 4) is 11.5 Å². The first-order chi connectivity index (χ1) is 12.7. The highest BCUT2D eigenvalue weighted by atomic mass is 16.5. The van der Waals surface area contributed by atoms with Gasteiger partial charge >= 0.3 is 0 Å². The van der Waals surface area contributed by atoms with Gasteiger partial charge in [0.2, 0.25) is 0 Å². The standard InChI is InChI=1S/C20H34N2O5/c1-13(2)21-9-16(24)11-26-18-6-7-20(19(8-18)15(5)23)27-12-17(25)10-22-14(3)4/h6-8,13-14,16-17,21-22,24-25H,9-12H2,1-5H3. The van der Waals surface area contributed by atoms with Crippen LogP contribution in [0.5, 0.6) is 11.5 Å². The Bertz CT molecular complexity index is 577. The number of aliphatic hydroxyl groups is 2. The van der Waals surface area contributed by atoms with E-state index in [1.54, 1.807) is 18.2 Å². The highest BCUT2D eigenvalue weighted by molar-refractivity contribution is 5.97. The number of ketones is 1. The van der Waals surface area contributed by atoms with Gasteiger partial charge in [-0.05, 0) is 25.1 Å². The van der Waals surface area contributed by atoms with Gasteiger partial charge < -0.3 is 30.3 Å². The molecule has 0 amide bonds. The van der Waals surface area contributed by atoms with E-state index in [1.807, 2.05) is 27.7 Å². The van der Waals surface area contributed by atoms with Crippen molar-refractivity contribution in [2.45, 2.75) is 58.9 Å². The maximum Gasteiger partial charge on any atom is 0.163 e. The molecule has 0 saturated heterocycles. The van der Waals surface area contributed by atoms with Crippen molar-refractivity contribution in [1.82, 2.24) is 10.6 Å². The van der Waals surface area contributed by atoms with Crippen LogP contribution < -0.4 is 20.1 Å². The van der Waals surface area contributed by atoms with E-state index in [1.165, 1.54) is 6.92 Å². The molecular weight excluding hydrogens is 348 g/mol. The molecule has 1 rings (SSSR count). The zero-order valence-electron chi connectivity index (χ0n) is 17.0. The van der Waals surface area contributed by atoms with E-state index in [2.05, 4.69) is 10.6 Å². The summed E-state index contributed by atoms with van der Waals surface area (Å²) < 4.78 is 11.2. The Labute approximate surface area is 162 Å².